The van der Waals surface area contributed by atoms with Crippen LogP contribution in [0.3, 0.4) is 0 Å². The van der Waals surface area contributed by atoms with Gasteiger partial charge < -0.3 is 10.2 Å². The Balaban J connectivity index is 2.22. The van der Waals surface area contributed by atoms with Gasteiger partial charge in [0.25, 0.3) is 15.0 Å². The number of carbonyl (C=O) groups excluding carboxylic acids is 1. The van der Waals surface area contributed by atoms with Crippen LogP contribution in [0.2, 0.25) is 0 Å². The van der Waals surface area contributed by atoms with Crippen molar-refractivity contribution in [2.24, 2.45) is 5.92 Å². The largest absolute Gasteiger partial charge is 0.377 e. The number of halogens is 1. The smallest absolute Gasteiger partial charge is 0.263 e. The number of nitrogens with one attached hydrogen (secondary N) is 1. The standard InChI is InChI=1S/C14H19ClN2O3S/c1-17(2)12-7-6-11(8-13(12)21(15,19)20)14(18)16-9-10-4-3-5-10/h6-8,10H,3-5,9H2,1-2H3,(H,16,18). The van der Waals surface area contributed by atoms with E-state index in [1.54, 1.807) is 31.1 Å². The summed E-state index contributed by atoms with van der Waals surface area (Å²) in [7, 11) is 4.99. The lowest BCUT2D eigenvalue weighted by atomic mass is 9.85. The summed E-state index contributed by atoms with van der Waals surface area (Å²) < 4.78 is 23.3. The number of carbonyl (C=O) groups is 1. The second-order valence-electron chi connectivity index (χ2n) is 5.52. The zero-order chi connectivity index (χ0) is 15.6. The van der Waals surface area contributed by atoms with Gasteiger partial charge in [0.05, 0.1) is 5.69 Å². The minimum atomic E-state index is -3.91. The lowest BCUT2D eigenvalue weighted by Gasteiger charge is -2.25. The highest BCUT2D eigenvalue weighted by atomic mass is 35.7. The van der Waals surface area contributed by atoms with Crippen LogP contribution in [-0.4, -0.2) is 35.0 Å². The molecule has 1 aromatic rings. The van der Waals surface area contributed by atoms with Crippen LogP contribution < -0.4 is 10.2 Å². The van der Waals surface area contributed by atoms with Gasteiger partial charge in [-0.2, -0.15) is 0 Å². The van der Waals surface area contributed by atoms with Crippen molar-refractivity contribution in [1.82, 2.24) is 5.32 Å². The molecule has 0 aliphatic heterocycles. The number of hydrogen-bond acceptors (Lipinski definition) is 4. The Labute approximate surface area is 129 Å². The maximum absolute atomic E-state index is 12.1. The van der Waals surface area contributed by atoms with E-state index in [4.69, 9.17) is 10.7 Å². The molecule has 21 heavy (non-hydrogen) atoms. The first kappa shape index (κ1) is 16.1. The molecule has 1 aliphatic carbocycles. The number of nitrogens with zero attached hydrogens (tertiary/aromatic N) is 1. The summed E-state index contributed by atoms with van der Waals surface area (Å²) in [6.07, 6.45) is 3.50. The number of hydrogen-bond donors (Lipinski definition) is 1. The Morgan fingerprint density at radius 1 is 1.38 bits per heavy atom. The summed E-state index contributed by atoms with van der Waals surface area (Å²) in [6.45, 7) is 0.636. The van der Waals surface area contributed by atoms with E-state index in [-0.39, 0.29) is 10.8 Å². The molecule has 0 bridgehead atoms. The maximum atomic E-state index is 12.1. The van der Waals surface area contributed by atoms with Crippen molar-refractivity contribution in [3.8, 4) is 0 Å². The zero-order valence-electron chi connectivity index (χ0n) is 12.1. The van der Waals surface area contributed by atoms with Gasteiger partial charge in [-0.1, -0.05) is 6.42 Å². The van der Waals surface area contributed by atoms with Gasteiger partial charge in [0.1, 0.15) is 4.90 Å². The second kappa shape index (κ2) is 6.23. The summed E-state index contributed by atoms with van der Waals surface area (Å²) in [4.78, 5) is 13.7. The molecule has 0 atom stereocenters. The van der Waals surface area contributed by atoms with Crippen LogP contribution in [0.25, 0.3) is 0 Å². The monoisotopic (exact) mass is 330 g/mol. The quantitative estimate of drug-likeness (QED) is 0.841. The fourth-order valence-corrected chi connectivity index (χ4v) is 3.40. The topological polar surface area (TPSA) is 66.5 Å². The Hall–Kier alpha value is -1.27. The molecule has 1 fully saturated rings. The van der Waals surface area contributed by atoms with Crippen LogP contribution in [0.4, 0.5) is 5.69 Å². The van der Waals surface area contributed by atoms with Crippen molar-refractivity contribution in [2.45, 2.75) is 24.2 Å². The molecule has 0 spiro atoms. The summed E-state index contributed by atoms with van der Waals surface area (Å²) in [6, 6.07) is 4.53. The molecule has 0 saturated heterocycles. The first-order valence-electron chi connectivity index (χ1n) is 6.83. The summed E-state index contributed by atoms with van der Waals surface area (Å²) >= 11 is 0. The molecular weight excluding hydrogens is 312 g/mol. The molecule has 116 valence electrons. The number of anilines is 1. The highest BCUT2D eigenvalue weighted by molar-refractivity contribution is 8.13. The predicted molar refractivity (Wildman–Crippen MR) is 83.5 cm³/mol. The van der Waals surface area contributed by atoms with Crippen LogP contribution in [-0.2, 0) is 9.05 Å². The molecule has 0 heterocycles. The van der Waals surface area contributed by atoms with Crippen LogP contribution in [0.1, 0.15) is 29.6 Å². The molecule has 1 saturated carbocycles. The molecule has 2 rings (SSSR count). The number of rotatable bonds is 5. The van der Waals surface area contributed by atoms with Crippen molar-refractivity contribution in [1.29, 1.82) is 0 Å². The van der Waals surface area contributed by atoms with Gasteiger partial charge in [0.15, 0.2) is 0 Å². The van der Waals surface area contributed by atoms with E-state index < -0.39 is 9.05 Å². The summed E-state index contributed by atoms with van der Waals surface area (Å²) in [5.74, 6) is 0.278. The second-order valence-corrected chi connectivity index (χ2v) is 8.06. The molecule has 1 aromatic carbocycles. The van der Waals surface area contributed by atoms with Crippen LogP contribution in [0.5, 0.6) is 0 Å². The van der Waals surface area contributed by atoms with Crippen LogP contribution in [0.15, 0.2) is 23.1 Å². The van der Waals surface area contributed by atoms with Gasteiger partial charge in [-0.3, -0.25) is 4.79 Å². The lowest BCUT2D eigenvalue weighted by Crippen LogP contribution is -2.32. The van der Waals surface area contributed by atoms with Crippen molar-refractivity contribution in [3.05, 3.63) is 23.8 Å². The average molecular weight is 331 g/mol. The highest BCUT2D eigenvalue weighted by Gasteiger charge is 2.21. The average Bonchev–Trinajstić information content (AvgIpc) is 2.34. The van der Waals surface area contributed by atoms with E-state index in [2.05, 4.69) is 5.32 Å². The SMILES string of the molecule is CN(C)c1ccc(C(=O)NCC2CCC2)cc1S(=O)(=O)Cl. The third kappa shape index (κ3) is 3.89. The van der Waals surface area contributed by atoms with E-state index in [1.807, 2.05) is 0 Å². The molecule has 1 amide bonds. The zero-order valence-corrected chi connectivity index (χ0v) is 13.7. The molecule has 1 N–H and O–H groups in total. The van der Waals surface area contributed by atoms with Crippen molar-refractivity contribution >= 4 is 31.3 Å². The molecular formula is C14H19ClN2O3S. The van der Waals surface area contributed by atoms with Gasteiger partial charge in [-0.15, -0.1) is 0 Å². The minimum Gasteiger partial charge on any atom is -0.377 e. The van der Waals surface area contributed by atoms with Crippen molar-refractivity contribution < 1.29 is 13.2 Å². The third-order valence-electron chi connectivity index (χ3n) is 3.74. The van der Waals surface area contributed by atoms with Gasteiger partial charge in [0, 0.05) is 36.9 Å². The Bertz CT molecular complexity index is 640. The number of amides is 1. The predicted octanol–water partition coefficient (Wildman–Crippen LogP) is 2.21. The molecule has 0 aromatic heterocycles. The highest BCUT2D eigenvalue weighted by Crippen LogP contribution is 2.28. The molecule has 7 heteroatoms. The van der Waals surface area contributed by atoms with E-state index in [9.17, 15) is 13.2 Å². The van der Waals surface area contributed by atoms with Crippen LogP contribution in [0, 0.1) is 5.92 Å². The molecule has 0 unspecified atom stereocenters. The minimum absolute atomic E-state index is 0.0505. The van der Waals surface area contributed by atoms with Crippen molar-refractivity contribution in [3.63, 3.8) is 0 Å². The Morgan fingerprint density at radius 3 is 2.52 bits per heavy atom. The first-order valence-corrected chi connectivity index (χ1v) is 9.14. The molecule has 1 aliphatic rings. The summed E-state index contributed by atoms with van der Waals surface area (Å²) in [5, 5.41) is 2.84. The van der Waals surface area contributed by atoms with E-state index in [1.165, 1.54) is 12.5 Å². The fourth-order valence-electron chi connectivity index (χ4n) is 2.26. The summed E-state index contributed by atoms with van der Waals surface area (Å²) in [5.41, 5.74) is 0.764. The van der Waals surface area contributed by atoms with Gasteiger partial charge >= 0.3 is 0 Å². The van der Waals surface area contributed by atoms with Gasteiger partial charge in [0.2, 0.25) is 0 Å². The Morgan fingerprint density at radius 2 is 2.05 bits per heavy atom. The Kier molecular flexibility index (Phi) is 4.78. The third-order valence-corrected chi connectivity index (χ3v) is 5.09. The van der Waals surface area contributed by atoms with E-state index in [0.717, 1.165) is 12.8 Å². The number of benzene rings is 1. The lowest BCUT2D eigenvalue weighted by molar-refractivity contribution is 0.0939. The van der Waals surface area contributed by atoms with Gasteiger partial charge in [-0.25, -0.2) is 8.42 Å². The van der Waals surface area contributed by atoms with Gasteiger partial charge in [-0.05, 0) is 37.0 Å². The fraction of sp³-hybridized carbons (Fsp3) is 0.500. The van der Waals surface area contributed by atoms with Crippen molar-refractivity contribution in [2.75, 3.05) is 25.5 Å². The van der Waals surface area contributed by atoms with E-state index in [0.29, 0.717) is 23.7 Å². The molecule has 0 radical (unpaired) electrons. The first-order chi connectivity index (χ1) is 9.79. The van der Waals surface area contributed by atoms with E-state index >= 15 is 0 Å². The maximum Gasteiger partial charge on any atom is 0.263 e. The molecule has 5 nitrogen and oxygen atoms in total. The van der Waals surface area contributed by atoms with Crippen LogP contribution >= 0.6 is 10.7 Å². The normalized spacial score (nSPS) is 15.4.